The zero-order valence-electron chi connectivity index (χ0n) is 21.2. The minimum atomic E-state index is -0.195. The Labute approximate surface area is 188 Å². The van der Waals surface area contributed by atoms with Gasteiger partial charge in [0, 0.05) is 0 Å². The Hall–Kier alpha value is -0.0800. The van der Waals surface area contributed by atoms with Gasteiger partial charge in [-0.1, -0.05) is 92.9 Å². The molecule has 2 aliphatic carbocycles. The van der Waals surface area contributed by atoms with E-state index in [9.17, 15) is 10.2 Å². The van der Waals surface area contributed by atoms with Crippen molar-refractivity contribution in [3.8, 4) is 0 Å². The van der Waals surface area contributed by atoms with E-state index in [4.69, 9.17) is 0 Å². The fourth-order valence-electron chi connectivity index (χ4n) is 6.74. The molecule has 0 aromatic carbocycles. The molecule has 0 spiro atoms. The highest BCUT2D eigenvalue weighted by Gasteiger charge is 2.34. The van der Waals surface area contributed by atoms with Crippen LogP contribution in [0.2, 0.25) is 0 Å². The van der Waals surface area contributed by atoms with Crippen LogP contribution >= 0.6 is 0 Å². The standard InChI is InChI=1S/C28H54O2/c1-7-24(23(6)28(30)26-16-13-19(2)14-17-26)18-15-20(3)27(29)22(5)21(4)25-11-9-8-10-12-25/h19-30H,7-18H2,1-6H3/t19?,20?,21?,22?,23?,24-,26?,27?,28?/m0/s1. The van der Waals surface area contributed by atoms with Gasteiger partial charge in [-0.2, -0.15) is 0 Å². The zero-order valence-corrected chi connectivity index (χ0v) is 21.2. The number of aliphatic hydroxyl groups is 2. The lowest BCUT2D eigenvalue weighted by Crippen LogP contribution is -2.36. The van der Waals surface area contributed by atoms with Crippen LogP contribution in [0.4, 0.5) is 0 Å². The third kappa shape index (κ3) is 7.22. The van der Waals surface area contributed by atoms with Crippen LogP contribution in [0.15, 0.2) is 0 Å². The van der Waals surface area contributed by atoms with Crippen molar-refractivity contribution in [2.24, 2.45) is 47.3 Å². The minimum Gasteiger partial charge on any atom is -0.393 e. The molecule has 0 saturated heterocycles. The van der Waals surface area contributed by atoms with Crippen molar-refractivity contribution in [2.45, 2.75) is 131 Å². The van der Waals surface area contributed by atoms with Crippen molar-refractivity contribution in [3.63, 3.8) is 0 Å². The first-order chi connectivity index (χ1) is 14.3. The Morgan fingerprint density at radius 2 is 1.33 bits per heavy atom. The number of aliphatic hydroxyl groups excluding tert-OH is 2. The Kier molecular flexibility index (Phi) is 11.2. The predicted molar refractivity (Wildman–Crippen MR) is 129 cm³/mol. The molecule has 0 amide bonds. The molecular weight excluding hydrogens is 368 g/mol. The van der Waals surface area contributed by atoms with Crippen LogP contribution in [-0.4, -0.2) is 22.4 Å². The van der Waals surface area contributed by atoms with Crippen LogP contribution in [-0.2, 0) is 0 Å². The van der Waals surface area contributed by atoms with Crippen molar-refractivity contribution in [1.29, 1.82) is 0 Å². The van der Waals surface area contributed by atoms with E-state index in [0.717, 1.165) is 31.1 Å². The van der Waals surface area contributed by atoms with Gasteiger partial charge in [0.25, 0.3) is 0 Å². The Balaban J connectivity index is 1.81. The van der Waals surface area contributed by atoms with Crippen LogP contribution in [0.3, 0.4) is 0 Å². The summed E-state index contributed by atoms with van der Waals surface area (Å²) in [5.74, 6) is 4.45. The smallest absolute Gasteiger partial charge is 0.0596 e. The molecule has 0 bridgehead atoms. The molecule has 2 nitrogen and oxygen atoms in total. The monoisotopic (exact) mass is 422 g/mol. The molecule has 2 aliphatic rings. The third-order valence-corrected chi connectivity index (χ3v) is 9.69. The highest BCUT2D eigenvalue weighted by Crippen LogP contribution is 2.39. The summed E-state index contributed by atoms with van der Waals surface area (Å²) in [4.78, 5) is 0. The van der Waals surface area contributed by atoms with E-state index >= 15 is 0 Å². The molecular formula is C28H54O2. The van der Waals surface area contributed by atoms with Crippen LogP contribution < -0.4 is 0 Å². The first kappa shape index (κ1) is 26.2. The molecule has 0 radical (unpaired) electrons. The van der Waals surface area contributed by atoms with Gasteiger partial charge in [-0.15, -0.1) is 0 Å². The molecule has 0 aliphatic heterocycles. The fraction of sp³-hybridized carbons (Fsp3) is 1.00. The largest absolute Gasteiger partial charge is 0.393 e. The molecule has 0 heterocycles. The van der Waals surface area contributed by atoms with E-state index in [0.29, 0.717) is 35.5 Å². The fourth-order valence-corrected chi connectivity index (χ4v) is 6.74. The van der Waals surface area contributed by atoms with Gasteiger partial charge in [0.15, 0.2) is 0 Å². The molecule has 6 unspecified atom stereocenters. The maximum atomic E-state index is 11.1. The topological polar surface area (TPSA) is 40.5 Å². The maximum Gasteiger partial charge on any atom is 0.0596 e. The first-order valence-corrected chi connectivity index (χ1v) is 13.6. The quantitative estimate of drug-likeness (QED) is 0.362. The van der Waals surface area contributed by atoms with Crippen molar-refractivity contribution in [2.75, 3.05) is 0 Å². The molecule has 2 heteroatoms. The molecule has 2 saturated carbocycles. The lowest BCUT2D eigenvalue weighted by molar-refractivity contribution is -0.00107. The Morgan fingerprint density at radius 1 is 0.733 bits per heavy atom. The van der Waals surface area contributed by atoms with E-state index < -0.39 is 0 Å². The van der Waals surface area contributed by atoms with Crippen LogP contribution in [0.1, 0.15) is 119 Å². The average molecular weight is 423 g/mol. The second-order valence-corrected chi connectivity index (χ2v) is 11.7. The highest BCUT2D eigenvalue weighted by molar-refractivity contribution is 4.84. The van der Waals surface area contributed by atoms with Crippen molar-refractivity contribution >= 4 is 0 Å². The van der Waals surface area contributed by atoms with E-state index in [1.807, 2.05) is 0 Å². The summed E-state index contributed by atoms with van der Waals surface area (Å²) >= 11 is 0. The second-order valence-electron chi connectivity index (χ2n) is 11.7. The van der Waals surface area contributed by atoms with Gasteiger partial charge in [0.2, 0.25) is 0 Å². The molecule has 7 atom stereocenters. The van der Waals surface area contributed by atoms with Gasteiger partial charge in [0.05, 0.1) is 12.2 Å². The normalized spacial score (nSPS) is 30.8. The molecule has 30 heavy (non-hydrogen) atoms. The van der Waals surface area contributed by atoms with Crippen LogP contribution in [0, 0.1) is 47.3 Å². The van der Waals surface area contributed by atoms with Crippen LogP contribution in [0.25, 0.3) is 0 Å². The van der Waals surface area contributed by atoms with Gasteiger partial charge in [-0.05, 0) is 73.0 Å². The van der Waals surface area contributed by atoms with E-state index in [2.05, 4.69) is 41.5 Å². The van der Waals surface area contributed by atoms with Gasteiger partial charge in [0.1, 0.15) is 0 Å². The maximum absolute atomic E-state index is 11.1. The molecule has 2 rings (SSSR count). The molecule has 2 N–H and O–H groups in total. The lowest BCUT2D eigenvalue weighted by atomic mass is 9.71. The van der Waals surface area contributed by atoms with Gasteiger partial charge < -0.3 is 10.2 Å². The first-order valence-electron chi connectivity index (χ1n) is 13.6. The SMILES string of the molecule is CC[C@@H](CCC(C)C(O)C(C)C(C)C1CCCCC1)C(C)C(O)C1CCC(C)CC1. The Bertz CT molecular complexity index is 450. The third-order valence-electron chi connectivity index (χ3n) is 9.69. The summed E-state index contributed by atoms with van der Waals surface area (Å²) in [5.41, 5.74) is 0. The molecule has 178 valence electrons. The summed E-state index contributed by atoms with van der Waals surface area (Å²) < 4.78 is 0. The molecule has 0 aromatic heterocycles. The van der Waals surface area contributed by atoms with Crippen LogP contribution in [0.5, 0.6) is 0 Å². The number of hydrogen-bond donors (Lipinski definition) is 2. The van der Waals surface area contributed by atoms with E-state index in [1.54, 1.807) is 0 Å². The predicted octanol–water partition coefficient (Wildman–Crippen LogP) is 7.47. The number of hydrogen-bond acceptors (Lipinski definition) is 2. The summed E-state index contributed by atoms with van der Waals surface area (Å²) in [6.45, 7) is 13.8. The highest BCUT2D eigenvalue weighted by atomic mass is 16.3. The average Bonchev–Trinajstić information content (AvgIpc) is 2.78. The van der Waals surface area contributed by atoms with E-state index in [-0.39, 0.29) is 12.2 Å². The molecule has 2 fully saturated rings. The molecule has 0 aromatic rings. The second kappa shape index (κ2) is 12.8. The lowest BCUT2D eigenvalue weighted by Gasteiger charge is -2.38. The minimum absolute atomic E-state index is 0.145. The zero-order chi connectivity index (χ0) is 22.3. The number of rotatable bonds is 11. The summed E-state index contributed by atoms with van der Waals surface area (Å²) in [7, 11) is 0. The van der Waals surface area contributed by atoms with Gasteiger partial charge in [-0.25, -0.2) is 0 Å². The van der Waals surface area contributed by atoms with Gasteiger partial charge >= 0.3 is 0 Å². The summed E-state index contributed by atoms with van der Waals surface area (Å²) in [6.07, 6.45) is 14.9. The van der Waals surface area contributed by atoms with Crippen molar-refractivity contribution < 1.29 is 10.2 Å². The Morgan fingerprint density at radius 3 is 1.90 bits per heavy atom. The van der Waals surface area contributed by atoms with Crippen molar-refractivity contribution in [1.82, 2.24) is 0 Å². The summed E-state index contributed by atoms with van der Waals surface area (Å²) in [5, 5.41) is 22.2. The van der Waals surface area contributed by atoms with Crippen molar-refractivity contribution in [3.05, 3.63) is 0 Å². The van der Waals surface area contributed by atoms with E-state index in [1.165, 1.54) is 57.8 Å². The van der Waals surface area contributed by atoms with Gasteiger partial charge in [-0.3, -0.25) is 0 Å². The summed E-state index contributed by atoms with van der Waals surface area (Å²) in [6, 6.07) is 0.